The van der Waals surface area contributed by atoms with Crippen LogP contribution in [0.3, 0.4) is 0 Å². The fourth-order valence-electron chi connectivity index (χ4n) is 2.24. The Balaban J connectivity index is 0. The van der Waals surface area contributed by atoms with Crippen LogP contribution >= 0.6 is 0 Å². The van der Waals surface area contributed by atoms with Gasteiger partial charge in [0.1, 0.15) is 12.5 Å². The molecule has 0 aliphatic carbocycles. The average Bonchev–Trinajstić information content (AvgIpc) is 2.57. The van der Waals surface area contributed by atoms with Crippen LogP contribution in [0.2, 0.25) is 0 Å². The molecule has 0 aromatic heterocycles. The van der Waals surface area contributed by atoms with E-state index in [0.29, 0.717) is 6.42 Å². The number of unbranched alkanes of at least 4 members (excludes halogenated alkanes) is 5. The molecule has 0 amide bonds. The summed E-state index contributed by atoms with van der Waals surface area (Å²) < 4.78 is 0. The van der Waals surface area contributed by atoms with Crippen LogP contribution in [0.25, 0.3) is 0 Å². The molecule has 0 radical (unpaired) electrons. The third kappa shape index (κ3) is 32.7. The van der Waals surface area contributed by atoms with Gasteiger partial charge in [-0.15, -0.1) is 0 Å². The van der Waals surface area contributed by atoms with Crippen LogP contribution in [0.1, 0.15) is 85.0 Å². The van der Waals surface area contributed by atoms with Crippen molar-refractivity contribution in [2.75, 3.05) is 0 Å². The zero-order chi connectivity index (χ0) is 20.8. The standard InChI is InChI=1S/C18H30O2.C4H11NO2/c1-2-3-4-5-6-7-8-9-10-11-12-13-14-15-16-17-18(19)20;1-3(6)5-4(2)7/h3-4,6-7,9-10H,2,5,8,11-17H2,1H3,(H,19,20);3-7H,1-2H3/b4-3-,7-6-,10-9-;. The van der Waals surface area contributed by atoms with Gasteiger partial charge in [-0.1, -0.05) is 62.6 Å². The molecule has 0 bridgehead atoms. The Morgan fingerprint density at radius 1 is 0.815 bits per heavy atom. The fraction of sp³-hybridized carbons (Fsp3) is 0.682. The summed E-state index contributed by atoms with van der Waals surface area (Å²) in [5, 5.41) is 27.8. The largest absolute Gasteiger partial charge is 0.481 e. The average molecular weight is 384 g/mol. The lowest BCUT2D eigenvalue weighted by atomic mass is 10.1. The van der Waals surface area contributed by atoms with Crippen LogP contribution in [0.15, 0.2) is 36.5 Å². The van der Waals surface area contributed by atoms with Crippen molar-refractivity contribution in [1.29, 1.82) is 0 Å². The van der Waals surface area contributed by atoms with Gasteiger partial charge >= 0.3 is 5.97 Å². The van der Waals surface area contributed by atoms with Crippen LogP contribution in [-0.4, -0.2) is 33.7 Å². The van der Waals surface area contributed by atoms with E-state index < -0.39 is 18.4 Å². The molecule has 0 heterocycles. The first-order chi connectivity index (χ1) is 12.9. The van der Waals surface area contributed by atoms with Gasteiger partial charge in [-0.25, -0.2) is 0 Å². The van der Waals surface area contributed by atoms with E-state index >= 15 is 0 Å². The molecule has 0 spiro atoms. The summed E-state index contributed by atoms with van der Waals surface area (Å²) >= 11 is 0. The summed E-state index contributed by atoms with van der Waals surface area (Å²) in [4.78, 5) is 10.3. The number of aliphatic carboxylic acids is 1. The van der Waals surface area contributed by atoms with E-state index in [9.17, 15) is 4.79 Å². The maximum atomic E-state index is 10.3. The monoisotopic (exact) mass is 383 g/mol. The van der Waals surface area contributed by atoms with Crippen molar-refractivity contribution < 1.29 is 20.1 Å². The molecule has 0 aromatic rings. The zero-order valence-electron chi connectivity index (χ0n) is 17.4. The van der Waals surface area contributed by atoms with Crippen LogP contribution < -0.4 is 5.32 Å². The highest BCUT2D eigenvalue weighted by atomic mass is 16.4. The molecule has 0 fully saturated rings. The molecular weight excluding hydrogens is 342 g/mol. The second-order valence-electron chi connectivity index (χ2n) is 6.51. The summed E-state index contributed by atoms with van der Waals surface area (Å²) in [6, 6.07) is 0. The van der Waals surface area contributed by atoms with Crippen molar-refractivity contribution in [2.45, 2.75) is 97.4 Å². The quantitative estimate of drug-likeness (QED) is 0.183. The zero-order valence-corrected chi connectivity index (χ0v) is 17.4. The Morgan fingerprint density at radius 2 is 1.30 bits per heavy atom. The molecule has 2 unspecified atom stereocenters. The molecule has 4 N–H and O–H groups in total. The summed E-state index contributed by atoms with van der Waals surface area (Å²) in [7, 11) is 0. The molecule has 0 saturated heterocycles. The van der Waals surface area contributed by atoms with Gasteiger partial charge in [-0.05, 0) is 52.4 Å². The molecule has 0 saturated carbocycles. The van der Waals surface area contributed by atoms with Gasteiger partial charge in [0, 0.05) is 6.42 Å². The number of carbonyl (C=O) groups is 1. The van der Waals surface area contributed by atoms with Gasteiger partial charge in [0.25, 0.3) is 0 Å². The lowest BCUT2D eigenvalue weighted by molar-refractivity contribution is -0.137. The number of nitrogens with one attached hydrogen (secondary N) is 1. The number of allylic oxidation sites excluding steroid dienone is 6. The van der Waals surface area contributed by atoms with Gasteiger partial charge in [0.05, 0.1) is 0 Å². The second kappa shape index (κ2) is 22.6. The van der Waals surface area contributed by atoms with E-state index in [-0.39, 0.29) is 0 Å². The molecule has 0 aromatic carbocycles. The highest BCUT2D eigenvalue weighted by molar-refractivity contribution is 5.66. The summed E-state index contributed by atoms with van der Waals surface area (Å²) in [5.74, 6) is -0.675. The first-order valence-corrected chi connectivity index (χ1v) is 10.2. The SMILES string of the molecule is CC(O)NC(C)O.CC/C=C\C/C=C\C/C=C\CCCCCCCC(=O)O. The van der Waals surface area contributed by atoms with E-state index in [4.69, 9.17) is 15.3 Å². The maximum absolute atomic E-state index is 10.3. The van der Waals surface area contributed by atoms with Crippen molar-refractivity contribution >= 4 is 5.97 Å². The van der Waals surface area contributed by atoms with E-state index in [2.05, 4.69) is 48.7 Å². The first-order valence-electron chi connectivity index (χ1n) is 10.2. The van der Waals surface area contributed by atoms with E-state index in [1.165, 1.54) is 12.8 Å². The number of hydrogen-bond acceptors (Lipinski definition) is 4. The Bertz CT molecular complexity index is 395. The van der Waals surface area contributed by atoms with E-state index in [1.807, 2.05) is 0 Å². The molecule has 5 heteroatoms. The third-order valence-electron chi connectivity index (χ3n) is 3.52. The van der Waals surface area contributed by atoms with Gasteiger partial charge < -0.3 is 15.3 Å². The number of aliphatic hydroxyl groups is 2. The topological polar surface area (TPSA) is 89.8 Å². The minimum atomic E-state index is -0.675. The van der Waals surface area contributed by atoms with Crippen molar-refractivity contribution in [2.24, 2.45) is 0 Å². The highest BCUT2D eigenvalue weighted by Crippen LogP contribution is 2.07. The predicted molar refractivity (Wildman–Crippen MR) is 113 cm³/mol. The lowest BCUT2D eigenvalue weighted by Gasteiger charge is -2.08. The number of rotatable bonds is 15. The van der Waals surface area contributed by atoms with Crippen molar-refractivity contribution in [3.63, 3.8) is 0 Å². The Hall–Kier alpha value is -1.43. The number of carboxylic acid groups (broad SMARTS) is 1. The molecule has 5 nitrogen and oxygen atoms in total. The molecule has 0 rings (SSSR count). The van der Waals surface area contributed by atoms with Crippen LogP contribution in [-0.2, 0) is 4.79 Å². The normalized spacial score (nSPS) is 13.8. The molecule has 2 atom stereocenters. The number of carboxylic acids is 1. The van der Waals surface area contributed by atoms with Crippen molar-refractivity contribution in [1.82, 2.24) is 5.32 Å². The summed E-state index contributed by atoms with van der Waals surface area (Å²) in [5.41, 5.74) is 0. The molecule has 27 heavy (non-hydrogen) atoms. The summed E-state index contributed by atoms with van der Waals surface area (Å²) in [6.07, 6.45) is 22.1. The minimum Gasteiger partial charge on any atom is -0.481 e. The third-order valence-corrected chi connectivity index (χ3v) is 3.52. The number of aliphatic hydroxyl groups excluding tert-OH is 2. The van der Waals surface area contributed by atoms with Gasteiger partial charge in [0.15, 0.2) is 0 Å². The minimum absolute atomic E-state index is 0.319. The Kier molecular flexibility index (Phi) is 23.3. The summed E-state index contributed by atoms with van der Waals surface area (Å²) in [6.45, 7) is 5.24. The molecule has 0 aliphatic heterocycles. The smallest absolute Gasteiger partial charge is 0.303 e. The molecule has 0 aliphatic rings. The highest BCUT2D eigenvalue weighted by Gasteiger charge is 1.96. The predicted octanol–water partition coefficient (Wildman–Crippen LogP) is 4.91. The maximum Gasteiger partial charge on any atom is 0.303 e. The van der Waals surface area contributed by atoms with Crippen molar-refractivity contribution in [3.8, 4) is 0 Å². The van der Waals surface area contributed by atoms with Gasteiger partial charge in [-0.3, -0.25) is 10.1 Å². The van der Waals surface area contributed by atoms with E-state index in [1.54, 1.807) is 13.8 Å². The van der Waals surface area contributed by atoms with Crippen LogP contribution in [0.5, 0.6) is 0 Å². The second-order valence-corrected chi connectivity index (χ2v) is 6.51. The van der Waals surface area contributed by atoms with E-state index in [0.717, 1.165) is 44.9 Å². The first kappa shape index (κ1) is 27.8. The lowest BCUT2D eigenvalue weighted by Crippen LogP contribution is -2.33. The number of hydrogen-bond donors (Lipinski definition) is 4. The van der Waals surface area contributed by atoms with Crippen LogP contribution in [0, 0.1) is 0 Å². The van der Waals surface area contributed by atoms with Crippen LogP contribution in [0.4, 0.5) is 0 Å². The Morgan fingerprint density at radius 3 is 1.78 bits per heavy atom. The van der Waals surface area contributed by atoms with Gasteiger partial charge in [-0.2, -0.15) is 0 Å². The molecule has 158 valence electrons. The fourth-order valence-corrected chi connectivity index (χ4v) is 2.24. The van der Waals surface area contributed by atoms with Crippen molar-refractivity contribution in [3.05, 3.63) is 36.5 Å². The molecular formula is C22H41NO4. The Labute approximate surface area is 165 Å². The van der Waals surface area contributed by atoms with Gasteiger partial charge in [0.2, 0.25) is 0 Å².